The molecule has 0 saturated heterocycles. The van der Waals surface area contributed by atoms with E-state index in [2.05, 4.69) is 59.9 Å². The number of para-hydroxylation sites is 2. The third kappa shape index (κ3) is 22.8. The maximum absolute atomic E-state index is 13.6. The Morgan fingerprint density at radius 1 is 0.388 bits per heavy atom. The first kappa shape index (κ1) is 85.5. The largest absolute Gasteiger partial charge is 1.00 e. The van der Waals surface area contributed by atoms with Crippen LogP contribution in [0.5, 0.6) is 11.5 Å². The van der Waals surface area contributed by atoms with Gasteiger partial charge in [0, 0.05) is 13.1 Å². The third-order valence-electron chi connectivity index (χ3n) is 14.5. The zero-order valence-electron chi connectivity index (χ0n) is 57.5. The van der Waals surface area contributed by atoms with E-state index in [-0.39, 0.29) is 210 Å². The van der Waals surface area contributed by atoms with Gasteiger partial charge in [0.25, 0.3) is 20.2 Å². The number of aromatic nitrogens is 6. The molecule has 0 aliphatic rings. The van der Waals surface area contributed by atoms with Gasteiger partial charge in [0.05, 0.1) is 32.5 Å². The van der Waals surface area contributed by atoms with Crippen molar-refractivity contribution in [1.29, 1.82) is 0 Å². The summed E-state index contributed by atoms with van der Waals surface area (Å²) in [6.45, 7) is 23.6. The minimum atomic E-state index is -5.09. The standard InChI is InChI=1S/C64H76N12O14S4.4Na/c1-61(2,3)43-31-37(32-44(53(43)77)62(4,5)6)27-29-65-55-71-57(75-59(73-55)69-47-17-13-15-19-49(47)91(79,80)81)67-41-25-23-39(51(35-41)93(85,86)87)21-22-40-24-26-42(36-52(40)94(88,89)90)68-58-72-56(74-60(76-58)70-48-18-14-16-20-50(48)92(82,83)84)66-30-28-38-33-45(63(7,8)9)54(78)46(34-38)64(10,11)12;;;;/h13-26,31-36,77-78H,27-30H2,1-12H3,(H,79,80,81)(H,82,83,84)(H,85,86,87)(H,88,89,90)(H3,65,67,69,71,73,75)(H3,66,68,70,72,74,76);;;;/q;4*+1/p-4/b22-21+;;;;. The summed E-state index contributed by atoms with van der Waals surface area (Å²) in [4.78, 5) is 41.6. The quantitative estimate of drug-likeness (QED) is 0.0255. The van der Waals surface area contributed by atoms with Gasteiger partial charge in [-0.15, -0.1) is 11.5 Å². The second-order valence-corrected chi connectivity index (χ2v) is 31.6. The maximum atomic E-state index is 13.6. The summed E-state index contributed by atoms with van der Waals surface area (Å²) in [5.41, 5.74) is 0.636. The molecule has 0 bridgehead atoms. The van der Waals surface area contributed by atoms with Crippen LogP contribution in [0, 0.1) is 0 Å². The first-order valence-electron chi connectivity index (χ1n) is 29.2. The van der Waals surface area contributed by atoms with Gasteiger partial charge in [0.15, 0.2) is 0 Å². The zero-order valence-corrected chi connectivity index (χ0v) is 68.8. The fraction of sp³-hybridized carbons (Fsp3) is 0.312. The minimum absolute atomic E-state index is 0. The smallest absolute Gasteiger partial charge is 0.872 e. The summed E-state index contributed by atoms with van der Waals surface area (Å²) in [5.74, 6) is -0.0926. The van der Waals surface area contributed by atoms with Crippen molar-refractivity contribution in [3.8, 4) is 11.5 Å². The van der Waals surface area contributed by atoms with Crippen molar-refractivity contribution in [1.82, 2.24) is 29.9 Å². The number of H-pyrrole nitrogens is 6. The van der Waals surface area contributed by atoms with E-state index in [9.17, 15) is 62.1 Å². The predicted octanol–water partition coefficient (Wildman–Crippen LogP) is -5.30. The number of aromatic amines is 6. The maximum Gasteiger partial charge on any atom is 1.00 e. The number of nitrogens with one attached hydrogen (secondary N) is 6. The van der Waals surface area contributed by atoms with Crippen LogP contribution < -0.4 is 162 Å². The number of rotatable bonds is 16. The van der Waals surface area contributed by atoms with Gasteiger partial charge in [-0.3, -0.25) is 49.0 Å². The Balaban J connectivity index is 0.00000510. The van der Waals surface area contributed by atoms with Gasteiger partial charge in [-0.2, -0.15) is 16.8 Å². The van der Waals surface area contributed by atoms with Crippen molar-refractivity contribution >= 4 is 75.4 Å². The Morgan fingerprint density at radius 3 is 0.939 bits per heavy atom. The van der Waals surface area contributed by atoms with Crippen LogP contribution in [0.2, 0.25) is 0 Å². The molecule has 2 aromatic heterocycles. The van der Waals surface area contributed by atoms with E-state index in [4.69, 9.17) is 0 Å². The molecular weight excluding hydrogens is 1380 g/mol. The number of nitrogens with zero attached hydrogens (tertiary/aromatic N) is 6. The van der Waals surface area contributed by atoms with Gasteiger partial charge in [0.1, 0.15) is 30.0 Å². The van der Waals surface area contributed by atoms with Crippen LogP contribution in [0.15, 0.2) is 159 Å². The minimum Gasteiger partial charge on any atom is -0.872 e. The van der Waals surface area contributed by atoms with E-state index >= 15 is 0 Å². The van der Waals surface area contributed by atoms with Crippen molar-refractivity contribution in [3.05, 3.63) is 187 Å². The van der Waals surface area contributed by atoms with Crippen LogP contribution in [0.4, 0.5) is 22.7 Å². The third-order valence-corrected chi connectivity index (χ3v) is 18.1. The molecule has 2 heterocycles. The molecule has 26 nitrogen and oxygen atoms in total. The fourth-order valence-electron chi connectivity index (χ4n) is 9.84. The monoisotopic (exact) mass is 1450 g/mol. The average Bonchev–Trinajstić information content (AvgIpc) is 0.802. The molecule has 0 amide bonds. The summed E-state index contributed by atoms with van der Waals surface area (Å²) in [7, 11) is -20.2. The predicted molar refractivity (Wildman–Crippen MR) is 345 cm³/mol. The van der Waals surface area contributed by atoms with Crippen LogP contribution >= 0.6 is 0 Å². The first-order chi connectivity index (χ1) is 43.4. The second-order valence-electron chi connectivity index (χ2n) is 26.2. The Kier molecular flexibility index (Phi) is 29.2. The van der Waals surface area contributed by atoms with Gasteiger partial charge >= 0.3 is 118 Å². The Labute approximate surface area is 657 Å². The van der Waals surface area contributed by atoms with E-state index in [1.165, 1.54) is 60.7 Å². The molecule has 6 aromatic carbocycles. The van der Waals surface area contributed by atoms with Crippen LogP contribution in [-0.4, -0.2) is 94.9 Å². The fourth-order valence-corrected chi connectivity index (χ4v) is 12.5. The summed E-state index contributed by atoms with van der Waals surface area (Å²) in [5, 5.41) is 27.2. The SMILES string of the molecule is CC(C)(C)c1cc(CCN=c2[nH]c(=Nc3ccc(/C=C/c4ccc(N=c5[nH]c(=NCCc6cc(C(C)(C)C)c([O-])c(C(C)(C)C)c6)[nH]c(=Nc6ccccc6S(=O)(=O)[O-])[nH]5)cc4S(=O)(=O)O)c(S(=O)(=O)O)c3)[nH]c(=Nc3ccccc3S(=O)(=O)[O-])[nH]2)cc(C(C)(C)C)c1[O-].[Na+].[Na+].[Na+].[Na+]. The molecule has 0 aliphatic carbocycles. The molecule has 8 rings (SSSR count). The van der Waals surface area contributed by atoms with Crippen molar-refractivity contribution in [2.75, 3.05) is 13.1 Å². The zero-order chi connectivity index (χ0) is 69.3. The van der Waals surface area contributed by atoms with Crippen LogP contribution in [-0.2, 0) is 75.0 Å². The summed E-state index contributed by atoms with van der Waals surface area (Å²) in [6.07, 6.45) is 3.00. The molecule has 0 aliphatic heterocycles. The summed E-state index contributed by atoms with van der Waals surface area (Å²) < 4.78 is 147. The van der Waals surface area contributed by atoms with Gasteiger partial charge in [-0.05, 0) is 128 Å². The van der Waals surface area contributed by atoms with E-state index in [0.717, 1.165) is 47.5 Å². The van der Waals surface area contributed by atoms with E-state index < -0.39 is 81.7 Å². The van der Waals surface area contributed by atoms with Crippen LogP contribution in [0.1, 0.15) is 128 Å². The first-order valence-corrected chi connectivity index (χ1v) is 34.9. The molecule has 8 N–H and O–H groups in total. The van der Waals surface area contributed by atoms with Crippen molar-refractivity contribution in [3.63, 3.8) is 0 Å². The summed E-state index contributed by atoms with van der Waals surface area (Å²) in [6, 6.07) is 24.9. The van der Waals surface area contributed by atoms with Crippen molar-refractivity contribution in [2.45, 2.75) is 137 Å². The van der Waals surface area contributed by atoms with Crippen LogP contribution in [0.3, 0.4) is 0 Å². The van der Waals surface area contributed by atoms with Gasteiger partial charge in [-0.1, -0.05) is 156 Å². The molecule has 0 saturated carbocycles. The normalized spacial score (nSPS) is 13.9. The molecule has 500 valence electrons. The molecule has 8 aromatic rings. The van der Waals surface area contributed by atoms with E-state index in [1.54, 1.807) is 0 Å². The Bertz CT molecular complexity index is 4870. The molecule has 0 spiro atoms. The van der Waals surface area contributed by atoms with Crippen molar-refractivity contribution in [2.24, 2.45) is 30.0 Å². The summed E-state index contributed by atoms with van der Waals surface area (Å²) >= 11 is 0. The molecule has 0 atom stereocenters. The molecular formula is C64H72N12Na4O14S4. The molecule has 34 heteroatoms. The van der Waals surface area contributed by atoms with Gasteiger partial charge < -0.3 is 19.3 Å². The average molecular weight is 1450 g/mol. The van der Waals surface area contributed by atoms with Crippen LogP contribution in [0.25, 0.3) is 12.2 Å². The topological polar surface area (TPSA) is 438 Å². The number of hydrogen-bond donors (Lipinski definition) is 8. The number of benzene rings is 6. The van der Waals surface area contributed by atoms with Crippen molar-refractivity contribution < 1.29 is 180 Å². The molecule has 0 fully saturated rings. The Morgan fingerprint density at radius 2 is 0.663 bits per heavy atom. The van der Waals surface area contributed by atoms with E-state index in [1.807, 2.05) is 107 Å². The van der Waals surface area contributed by atoms with Gasteiger partial charge in [-0.25, -0.2) is 36.8 Å². The number of hydrogen-bond acceptors (Lipinski definition) is 18. The van der Waals surface area contributed by atoms with E-state index in [0.29, 0.717) is 35.1 Å². The molecule has 98 heavy (non-hydrogen) atoms. The molecule has 0 unspecified atom stereocenters. The second kappa shape index (κ2) is 33.5. The molecule has 0 radical (unpaired) electrons. The van der Waals surface area contributed by atoms with Gasteiger partial charge in [0.2, 0.25) is 33.7 Å². The Hall–Kier alpha value is -4.88.